The van der Waals surface area contributed by atoms with Crippen molar-refractivity contribution in [2.75, 3.05) is 0 Å². The van der Waals surface area contributed by atoms with Gasteiger partial charge in [-0.2, -0.15) is 10.2 Å². The molecule has 1 heterocycles. The second-order valence-corrected chi connectivity index (χ2v) is 5.93. The van der Waals surface area contributed by atoms with E-state index in [1.807, 2.05) is 12.1 Å². The minimum absolute atomic E-state index is 0.490. The highest BCUT2D eigenvalue weighted by Gasteiger charge is 2.42. The third-order valence-corrected chi connectivity index (χ3v) is 4.77. The summed E-state index contributed by atoms with van der Waals surface area (Å²) in [6.45, 7) is 0. The maximum Gasteiger partial charge on any atom is 0.257 e. The van der Waals surface area contributed by atoms with Crippen molar-refractivity contribution in [3.63, 3.8) is 0 Å². The molecular weight excluding hydrogens is 250 g/mol. The van der Waals surface area contributed by atoms with Crippen molar-refractivity contribution in [3.05, 3.63) is 35.7 Å². The van der Waals surface area contributed by atoms with Gasteiger partial charge in [0.2, 0.25) is 0 Å². The van der Waals surface area contributed by atoms with Crippen molar-refractivity contribution < 1.29 is 4.52 Å². The lowest BCUT2D eigenvalue weighted by Gasteiger charge is -2.17. The van der Waals surface area contributed by atoms with Gasteiger partial charge in [0.25, 0.3) is 5.89 Å². The molecule has 0 amide bonds. The first kappa shape index (κ1) is 11.7. The highest BCUT2D eigenvalue weighted by atomic mass is 16.5. The Balaban J connectivity index is 1.60. The smallest absolute Gasteiger partial charge is 0.257 e. The van der Waals surface area contributed by atoms with Crippen LogP contribution >= 0.6 is 0 Å². The van der Waals surface area contributed by atoms with Crippen molar-refractivity contribution in [3.8, 4) is 17.5 Å². The van der Waals surface area contributed by atoms with Gasteiger partial charge in [0.1, 0.15) is 0 Å². The maximum absolute atomic E-state index is 8.81. The molecule has 3 unspecified atom stereocenters. The van der Waals surface area contributed by atoms with Crippen LogP contribution in [-0.2, 0) is 0 Å². The fourth-order valence-corrected chi connectivity index (χ4v) is 3.75. The highest BCUT2D eigenvalue weighted by Crippen LogP contribution is 2.52. The molecule has 1 aromatic carbocycles. The number of hydrogen-bond donors (Lipinski definition) is 0. The van der Waals surface area contributed by atoms with Gasteiger partial charge >= 0.3 is 0 Å². The van der Waals surface area contributed by atoms with Gasteiger partial charge in [-0.25, -0.2) is 0 Å². The van der Waals surface area contributed by atoms with Crippen molar-refractivity contribution in [2.24, 2.45) is 11.8 Å². The van der Waals surface area contributed by atoms with Gasteiger partial charge in [0.05, 0.1) is 11.6 Å². The lowest BCUT2D eigenvalue weighted by atomic mass is 9.88. The second-order valence-electron chi connectivity index (χ2n) is 5.93. The van der Waals surface area contributed by atoms with E-state index in [1.165, 1.54) is 25.7 Å². The average Bonchev–Trinajstić information content (AvgIpc) is 3.23. The minimum atomic E-state index is 0.490. The maximum atomic E-state index is 8.81. The first-order chi connectivity index (χ1) is 9.83. The Labute approximate surface area is 117 Å². The molecule has 2 bridgehead atoms. The number of benzene rings is 1. The Morgan fingerprint density at radius 1 is 1.15 bits per heavy atom. The van der Waals surface area contributed by atoms with Crippen LogP contribution in [0.4, 0.5) is 0 Å². The van der Waals surface area contributed by atoms with Gasteiger partial charge in [-0.3, -0.25) is 0 Å². The normalized spacial score (nSPS) is 27.6. The number of hydrogen-bond acceptors (Lipinski definition) is 4. The topological polar surface area (TPSA) is 62.7 Å². The average molecular weight is 265 g/mol. The zero-order valence-electron chi connectivity index (χ0n) is 11.1. The minimum Gasteiger partial charge on any atom is -0.334 e. The van der Waals surface area contributed by atoms with E-state index in [4.69, 9.17) is 9.78 Å². The number of nitrogens with zero attached hydrogens (tertiary/aromatic N) is 3. The second kappa shape index (κ2) is 4.45. The Morgan fingerprint density at radius 2 is 2.00 bits per heavy atom. The van der Waals surface area contributed by atoms with Gasteiger partial charge in [0, 0.05) is 11.5 Å². The Hall–Kier alpha value is -2.15. The molecule has 0 radical (unpaired) electrons. The molecule has 2 aliphatic carbocycles. The molecule has 4 rings (SSSR count). The first-order valence-electron chi connectivity index (χ1n) is 7.17. The van der Waals surface area contributed by atoms with E-state index in [2.05, 4.69) is 16.2 Å². The third kappa shape index (κ3) is 1.82. The van der Waals surface area contributed by atoms with Crippen molar-refractivity contribution in [1.82, 2.24) is 10.1 Å². The van der Waals surface area contributed by atoms with Crippen LogP contribution in [0.3, 0.4) is 0 Å². The Kier molecular flexibility index (Phi) is 2.59. The number of fused-ring (bicyclic) bond motifs is 2. The summed E-state index contributed by atoms with van der Waals surface area (Å²) in [6.07, 6.45) is 5.25. The summed E-state index contributed by atoms with van der Waals surface area (Å²) >= 11 is 0. The number of rotatable bonds is 2. The fourth-order valence-electron chi connectivity index (χ4n) is 3.75. The molecule has 0 N–H and O–H groups in total. The quantitative estimate of drug-likeness (QED) is 0.833. The standard InChI is InChI=1S/C16H15N3O/c17-9-10-1-4-12(5-2-10)16-18-15(19-20-16)14-8-11-3-6-13(14)7-11/h1-2,4-5,11,13-14H,3,6-8H2. The predicted molar refractivity (Wildman–Crippen MR) is 72.6 cm³/mol. The van der Waals surface area contributed by atoms with Crippen molar-refractivity contribution in [1.29, 1.82) is 5.26 Å². The summed E-state index contributed by atoms with van der Waals surface area (Å²) in [5.41, 5.74) is 1.52. The third-order valence-electron chi connectivity index (χ3n) is 4.77. The molecule has 2 saturated carbocycles. The molecule has 1 aromatic heterocycles. The molecule has 0 aliphatic heterocycles. The summed E-state index contributed by atoms with van der Waals surface area (Å²) in [5.74, 6) is 3.56. The van der Waals surface area contributed by atoms with Crippen LogP contribution in [-0.4, -0.2) is 10.1 Å². The van der Waals surface area contributed by atoms with E-state index in [0.29, 0.717) is 17.4 Å². The van der Waals surface area contributed by atoms with Gasteiger partial charge in [-0.05, 0) is 55.4 Å². The molecule has 0 saturated heterocycles. The molecule has 4 heteroatoms. The fraction of sp³-hybridized carbons (Fsp3) is 0.438. The Bertz CT molecular complexity index is 668. The molecule has 2 aromatic rings. The molecule has 2 aliphatic rings. The Morgan fingerprint density at radius 3 is 2.65 bits per heavy atom. The first-order valence-corrected chi connectivity index (χ1v) is 7.17. The molecule has 4 nitrogen and oxygen atoms in total. The van der Waals surface area contributed by atoms with E-state index in [9.17, 15) is 0 Å². The van der Waals surface area contributed by atoms with E-state index < -0.39 is 0 Å². The summed E-state index contributed by atoms with van der Waals surface area (Å²) in [7, 11) is 0. The molecule has 2 fully saturated rings. The van der Waals surface area contributed by atoms with Crippen LogP contribution in [0.1, 0.15) is 43.0 Å². The zero-order valence-corrected chi connectivity index (χ0v) is 11.1. The van der Waals surface area contributed by atoms with Crippen LogP contribution in [0.15, 0.2) is 28.8 Å². The summed E-state index contributed by atoms with van der Waals surface area (Å²) in [5, 5.41) is 13.0. The van der Waals surface area contributed by atoms with Gasteiger partial charge in [0.15, 0.2) is 5.82 Å². The van der Waals surface area contributed by atoms with Crippen molar-refractivity contribution in [2.45, 2.75) is 31.6 Å². The SMILES string of the molecule is N#Cc1ccc(-c2nc(C3CC4CCC3C4)no2)cc1. The highest BCUT2D eigenvalue weighted by molar-refractivity contribution is 5.54. The van der Waals surface area contributed by atoms with Gasteiger partial charge < -0.3 is 4.52 Å². The van der Waals surface area contributed by atoms with Gasteiger partial charge in [-0.15, -0.1) is 0 Å². The lowest BCUT2D eigenvalue weighted by molar-refractivity contribution is 0.372. The number of aromatic nitrogens is 2. The van der Waals surface area contributed by atoms with E-state index in [0.717, 1.165) is 23.2 Å². The van der Waals surface area contributed by atoms with Crippen LogP contribution in [0.5, 0.6) is 0 Å². The molecule has 0 spiro atoms. The zero-order chi connectivity index (χ0) is 13.5. The predicted octanol–water partition coefficient (Wildman–Crippen LogP) is 3.51. The van der Waals surface area contributed by atoms with E-state index in [1.54, 1.807) is 12.1 Å². The van der Waals surface area contributed by atoms with Crippen LogP contribution in [0.25, 0.3) is 11.5 Å². The van der Waals surface area contributed by atoms with Crippen LogP contribution in [0, 0.1) is 23.2 Å². The number of nitriles is 1. The van der Waals surface area contributed by atoms with Crippen LogP contribution < -0.4 is 0 Å². The summed E-state index contributed by atoms with van der Waals surface area (Å²) in [6, 6.07) is 9.37. The van der Waals surface area contributed by atoms with E-state index >= 15 is 0 Å². The molecule has 3 atom stereocenters. The monoisotopic (exact) mass is 265 g/mol. The molecule has 100 valence electrons. The van der Waals surface area contributed by atoms with Gasteiger partial charge in [-0.1, -0.05) is 11.6 Å². The summed E-state index contributed by atoms with van der Waals surface area (Å²) in [4.78, 5) is 4.58. The summed E-state index contributed by atoms with van der Waals surface area (Å²) < 4.78 is 5.40. The largest absolute Gasteiger partial charge is 0.334 e. The lowest BCUT2D eigenvalue weighted by Crippen LogP contribution is -2.09. The van der Waals surface area contributed by atoms with E-state index in [-0.39, 0.29) is 0 Å². The molecule has 20 heavy (non-hydrogen) atoms. The van der Waals surface area contributed by atoms with Crippen LogP contribution in [0.2, 0.25) is 0 Å². The molecular formula is C16H15N3O. The van der Waals surface area contributed by atoms with Crippen molar-refractivity contribution >= 4 is 0 Å².